The number of hydrogen-bond donors (Lipinski definition) is 0. The van der Waals surface area contributed by atoms with Crippen LogP contribution in [0.25, 0.3) is 0 Å². The largest absolute Gasteiger partial charge is 0.367 e. The molecule has 1 rings (SSSR count). The van der Waals surface area contributed by atoms with Gasteiger partial charge in [0.05, 0.1) is 0 Å². The molecule has 0 aromatic carbocycles. The third kappa shape index (κ3) is 3.60. The van der Waals surface area contributed by atoms with Crippen molar-refractivity contribution in [3.63, 3.8) is 0 Å². The van der Waals surface area contributed by atoms with E-state index in [9.17, 15) is 0 Å². The van der Waals surface area contributed by atoms with Crippen LogP contribution >= 0.6 is 0 Å². The highest BCUT2D eigenvalue weighted by Crippen LogP contribution is 2.09. The summed E-state index contributed by atoms with van der Waals surface area (Å²) in [6, 6.07) is 0. The Bertz CT molecular complexity index is 135. The highest BCUT2D eigenvalue weighted by Gasteiger charge is 2.04. The van der Waals surface area contributed by atoms with Crippen LogP contribution in [0.3, 0.4) is 0 Å². The van der Waals surface area contributed by atoms with Gasteiger partial charge in [0.1, 0.15) is 6.34 Å². The molecule has 1 aliphatic heterocycles. The van der Waals surface area contributed by atoms with Crippen molar-refractivity contribution in [1.29, 1.82) is 0 Å². The van der Waals surface area contributed by atoms with E-state index in [0.717, 1.165) is 13.1 Å². The van der Waals surface area contributed by atoms with Crippen LogP contribution in [-0.4, -0.2) is 43.4 Å². The lowest BCUT2D eigenvalue weighted by molar-refractivity contribution is 0.298. The van der Waals surface area contributed by atoms with Crippen molar-refractivity contribution < 1.29 is 0 Å². The summed E-state index contributed by atoms with van der Waals surface area (Å²) in [4.78, 5) is 1.98. The Balaban J connectivity index is 2.29. The normalized spacial score (nSPS) is 19.7. The molecular formula is C9H19N3. The summed E-state index contributed by atoms with van der Waals surface area (Å²) in [7, 11) is 4.00. The van der Waals surface area contributed by atoms with Crippen LogP contribution < -0.4 is 0 Å². The second-order valence-corrected chi connectivity index (χ2v) is 3.56. The molecule has 0 aromatic rings. The van der Waals surface area contributed by atoms with Crippen LogP contribution in [0.15, 0.2) is 5.10 Å². The minimum absolute atomic E-state index is 1.13. The predicted molar refractivity (Wildman–Crippen MR) is 52.2 cm³/mol. The van der Waals surface area contributed by atoms with E-state index >= 15 is 0 Å². The van der Waals surface area contributed by atoms with E-state index in [-0.39, 0.29) is 0 Å². The Morgan fingerprint density at radius 1 is 1.08 bits per heavy atom. The summed E-state index contributed by atoms with van der Waals surface area (Å²) in [5, 5.41) is 6.55. The number of hydrogen-bond acceptors (Lipinski definition) is 2. The first-order chi connectivity index (χ1) is 5.79. The van der Waals surface area contributed by atoms with Crippen molar-refractivity contribution in [2.75, 3.05) is 27.2 Å². The van der Waals surface area contributed by atoms with E-state index in [1.807, 2.05) is 25.3 Å². The zero-order valence-electron chi connectivity index (χ0n) is 8.16. The molecule has 1 aliphatic rings. The van der Waals surface area contributed by atoms with E-state index in [2.05, 4.69) is 10.1 Å². The Labute approximate surface area is 75.0 Å². The molecule has 0 N–H and O–H groups in total. The standard InChI is InChI=1S/C9H19N3/c1-11(2)9-10-12-7-5-3-4-6-8-12/h9H,3-8H2,1-2H3/b10-9+. The Morgan fingerprint density at radius 2 is 1.67 bits per heavy atom. The average Bonchev–Trinajstić information content (AvgIpc) is 2.28. The molecular weight excluding hydrogens is 150 g/mol. The SMILES string of the molecule is CN(C)/C=N/N1CCCCCC1. The minimum atomic E-state index is 1.13. The number of hydrazone groups is 1. The van der Waals surface area contributed by atoms with Gasteiger partial charge in [-0.15, -0.1) is 0 Å². The third-order valence-corrected chi connectivity index (χ3v) is 2.03. The summed E-state index contributed by atoms with van der Waals surface area (Å²) >= 11 is 0. The van der Waals surface area contributed by atoms with E-state index in [1.165, 1.54) is 25.7 Å². The van der Waals surface area contributed by atoms with Crippen LogP contribution in [-0.2, 0) is 0 Å². The molecule has 0 aromatic heterocycles. The zero-order chi connectivity index (χ0) is 8.81. The van der Waals surface area contributed by atoms with Gasteiger partial charge >= 0.3 is 0 Å². The Morgan fingerprint density at radius 3 is 2.17 bits per heavy atom. The van der Waals surface area contributed by atoms with Gasteiger partial charge in [0.2, 0.25) is 0 Å². The van der Waals surface area contributed by atoms with Gasteiger partial charge in [0, 0.05) is 27.2 Å². The summed E-state index contributed by atoms with van der Waals surface area (Å²) < 4.78 is 0. The molecule has 0 atom stereocenters. The molecule has 12 heavy (non-hydrogen) atoms. The molecule has 1 fully saturated rings. The lowest BCUT2D eigenvalue weighted by Gasteiger charge is -2.16. The van der Waals surface area contributed by atoms with E-state index in [0.29, 0.717) is 0 Å². The summed E-state index contributed by atoms with van der Waals surface area (Å²) in [5.74, 6) is 0. The molecule has 3 heteroatoms. The fourth-order valence-electron chi connectivity index (χ4n) is 1.35. The Kier molecular flexibility index (Phi) is 3.91. The molecule has 70 valence electrons. The quantitative estimate of drug-likeness (QED) is 0.459. The fourth-order valence-corrected chi connectivity index (χ4v) is 1.35. The molecule has 1 heterocycles. The second-order valence-electron chi connectivity index (χ2n) is 3.56. The maximum atomic E-state index is 4.38. The summed E-state index contributed by atoms with van der Waals surface area (Å²) in [6.07, 6.45) is 7.21. The van der Waals surface area contributed by atoms with Crippen molar-refractivity contribution in [1.82, 2.24) is 9.91 Å². The van der Waals surface area contributed by atoms with E-state index in [1.54, 1.807) is 0 Å². The molecule has 0 aliphatic carbocycles. The number of rotatable bonds is 2. The molecule has 0 spiro atoms. The van der Waals surface area contributed by atoms with Crippen molar-refractivity contribution in [3.05, 3.63) is 0 Å². The van der Waals surface area contributed by atoms with Gasteiger partial charge in [-0.25, -0.2) is 0 Å². The van der Waals surface area contributed by atoms with Crippen LogP contribution in [0.2, 0.25) is 0 Å². The van der Waals surface area contributed by atoms with Gasteiger partial charge in [-0.05, 0) is 12.8 Å². The van der Waals surface area contributed by atoms with Crippen molar-refractivity contribution in [2.45, 2.75) is 25.7 Å². The van der Waals surface area contributed by atoms with Crippen LogP contribution in [0.4, 0.5) is 0 Å². The maximum absolute atomic E-state index is 4.38. The third-order valence-electron chi connectivity index (χ3n) is 2.03. The summed E-state index contributed by atoms with van der Waals surface area (Å²) in [5.41, 5.74) is 0. The van der Waals surface area contributed by atoms with Crippen molar-refractivity contribution >= 4 is 6.34 Å². The van der Waals surface area contributed by atoms with Gasteiger partial charge < -0.3 is 4.90 Å². The molecule has 0 saturated carbocycles. The average molecular weight is 169 g/mol. The van der Waals surface area contributed by atoms with Crippen molar-refractivity contribution in [3.8, 4) is 0 Å². The first-order valence-corrected chi connectivity index (χ1v) is 4.74. The van der Waals surface area contributed by atoms with Gasteiger partial charge in [-0.1, -0.05) is 12.8 Å². The Hall–Kier alpha value is -0.730. The molecule has 0 amide bonds. The van der Waals surface area contributed by atoms with Crippen molar-refractivity contribution in [2.24, 2.45) is 5.10 Å². The zero-order valence-corrected chi connectivity index (χ0v) is 8.16. The van der Waals surface area contributed by atoms with Gasteiger partial charge in [0.25, 0.3) is 0 Å². The molecule has 0 unspecified atom stereocenters. The molecule has 3 nitrogen and oxygen atoms in total. The first-order valence-electron chi connectivity index (χ1n) is 4.74. The molecule has 1 saturated heterocycles. The predicted octanol–water partition coefficient (Wildman–Crippen LogP) is 1.37. The molecule has 0 radical (unpaired) electrons. The topological polar surface area (TPSA) is 18.8 Å². The summed E-state index contributed by atoms with van der Waals surface area (Å²) in [6.45, 7) is 2.26. The van der Waals surface area contributed by atoms with Gasteiger partial charge in [-0.3, -0.25) is 5.01 Å². The van der Waals surface area contributed by atoms with Crippen LogP contribution in [0.1, 0.15) is 25.7 Å². The highest BCUT2D eigenvalue weighted by atomic mass is 15.5. The maximum Gasteiger partial charge on any atom is 0.110 e. The first kappa shape index (κ1) is 9.36. The minimum Gasteiger partial charge on any atom is -0.367 e. The lowest BCUT2D eigenvalue weighted by Crippen LogP contribution is -2.20. The fraction of sp³-hybridized carbons (Fsp3) is 0.889. The van der Waals surface area contributed by atoms with E-state index < -0.39 is 0 Å². The highest BCUT2D eigenvalue weighted by molar-refractivity contribution is 5.53. The van der Waals surface area contributed by atoms with Crippen LogP contribution in [0.5, 0.6) is 0 Å². The lowest BCUT2D eigenvalue weighted by atomic mass is 10.2. The van der Waals surface area contributed by atoms with Crippen LogP contribution in [0, 0.1) is 0 Å². The monoisotopic (exact) mass is 169 g/mol. The second kappa shape index (κ2) is 5.01. The molecule has 0 bridgehead atoms. The van der Waals surface area contributed by atoms with Gasteiger partial charge in [0.15, 0.2) is 0 Å². The number of nitrogens with zero attached hydrogens (tertiary/aromatic N) is 3. The smallest absolute Gasteiger partial charge is 0.110 e. The van der Waals surface area contributed by atoms with Gasteiger partial charge in [-0.2, -0.15) is 5.10 Å². The van der Waals surface area contributed by atoms with E-state index in [4.69, 9.17) is 0 Å².